The second kappa shape index (κ2) is 28.4. The van der Waals surface area contributed by atoms with E-state index < -0.39 is 0 Å². The Kier molecular flexibility index (Phi) is 44.6. The van der Waals surface area contributed by atoms with Gasteiger partial charge < -0.3 is 16.8 Å². The molecular weight excluding hydrogens is 380 g/mol. The first-order valence-corrected chi connectivity index (χ1v) is 6.21. The quantitative estimate of drug-likeness (QED) is 0.491. The summed E-state index contributed by atoms with van der Waals surface area (Å²) < 4.78 is 0. The van der Waals surface area contributed by atoms with Crippen LogP contribution in [0.4, 0.5) is 0 Å². The molecule has 0 aromatic carbocycles. The summed E-state index contributed by atoms with van der Waals surface area (Å²) in [4.78, 5) is 2.74. The minimum Gasteiger partial charge on any atom is -0.484 e. The van der Waals surface area contributed by atoms with Crippen LogP contribution in [0.15, 0.2) is 36.6 Å². The molecule has 0 spiro atoms. The molecule has 0 unspecified atom stereocenters. The van der Waals surface area contributed by atoms with Gasteiger partial charge in [-0.2, -0.15) is 65.9 Å². The summed E-state index contributed by atoms with van der Waals surface area (Å²) in [6, 6.07) is 3.71. The molecule has 0 saturated heterocycles. The van der Waals surface area contributed by atoms with Crippen LogP contribution >= 0.6 is 24.8 Å². The summed E-state index contributed by atoms with van der Waals surface area (Å²) in [6.45, 7) is 12.5. The number of hydrogen-bond donors (Lipinski definition) is 1. The second-order valence-corrected chi connectivity index (χ2v) is 4.82. The molecule has 1 aromatic rings. The van der Waals surface area contributed by atoms with Gasteiger partial charge in [-0.25, -0.2) is 12.2 Å². The number of H-pyrrole nitrogens is 1. The average molecular weight is 410 g/mol. The molecule has 120 valence electrons. The van der Waals surface area contributed by atoms with E-state index in [9.17, 15) is 0 Å². The van der Waals surface area contributed by atoms with E-state index in [2.05, 4.69) is 64.9 Å². The Morgan fingerprint density at radius 3 is 1.52 bits per heavy atom. The molecule has 0 bridgehead atoms. The monoisotopic (exact) mass is 407 g/mol. The summed E-state index contributed by atoms with van der Waals surface area (Å²) in [7, 11) is 0. The Morgan fingerprint density at radius 1 is 0.952 bits per heavy atom. The maximum Gasteiger partial charge on any atom is 4.00 e. The zero-order valence-corrected chi connectivity index (χ0v) is 18.1. The van der Waals surface area contributed by atoms with Gasteiger partial charge in [0.05, 0.1) is 0 Å². The van der Waals surface area contributed by atoms with Crippen LogP contribution in [0.2, 0.25) is 0 Å². The van der Waals surface area contributed by atoms with Crippen molar-refractivity contribution in [2.24, 2.45) is 0 Å². The Bertz CT molecular complexity index is 242. The van der Waals surface area contributed by atoms with Gasteiger partial charge in [0.2, 0.25) is 0 Å². The van der Waals surface area contributed by atoms with Crippen LogP contribution in [0.3, 0.4) is 0 Å². The minimum atomic E-state index is 0. The van der Waals surface area contributed by atoms with Gasteiger partial charge in [-0.05, 0) is 0 Å². The van der Waals surface area contributed by atoms with Crippen molar-refractivity contribution in [2.45, 2.75) is 48.0 Å². The fraction of sp³-hybridized carbons (Fsp3) is 0.412. The molecule has 0 fully saturated rings. The number of aromatic amines is 1. The zero-order valence-electron chi connectivity index (χ0n) is 14.0. The Labute approximate surface area is 164 Å². The third-order valence-electron chi connectivity index (χ3n) is 1.03. The Hall–Kier alpha value is 0.223. The van der Waals surface area contributed by atoms with Crippen LogP contribution in [-0.4, -0.2) is 4.98 Å². The Morgan fingerprint density at radius 2 is 1.43 bits per heavy atom. The van der Waals surface area contributed by atoms with E-state index in [1.54, 1.807) is 0 Å². The fourth-order valence-corrected chi connectivity index (χ4v) is 0.581. The molecule has 2 rings (SSSR count). The largest absolute Gasteiger partial charge is 4.00 e. The molecule has 1 nitrogen and oxygen atoms in total. The number of nitrogens with one attached hydrogen (secondary N) is 1. The molecule has 0 atom stereocenters. The molecule has 1 aromatic heterocycles. The number of halogens is 2. The predicted octanol–water partition coefficient (Wildman–Crippen LogP) is 6.20. The summed E-state index contributed by atoms with van der Waals surface area (Å²) >= 11 is 0. The van der Waals surface area contributed by atoms with Crippen LogP contribution in [0.25, 0.3) is 0 Å². The van der Waals surface area contributed by atoms with Crippen molar-refractivity contribution in [3.8, 4) is 0 Å². The van der Waals surface area contributed by atoms with E-state index in [-0.39, 0.29) is 51.0 Å². The molecule has 21 heavy (non-hydrogen) atoms. The fourth-order valence-electron chi connectivity index (χ4n) is 0.581. The number of allylic oxidation sites excluding steroid dienone is 4. The van der Waals surface area contributed by atoms with Gasteiger partial charge in [-0.3, -0.25) is 6.08 Å². The summed E-state index contributed by atoms with van der Waals surface area (Å²) in [5.41, 5.74) is 0. The van der Waals surface area contributed by atoms with E-state index >= 15 is 0 Å². The first kappa shape index (κ1) is 33.0. The molecular formula is C17H29Cl2NZr. The maximum atomic E-state index is 2.99. The third kappa shape index (κ3) is 64.3. The zero-order chi connectivity index (χ0) is 14.2. The molecule has 1 N–H and O–H groups in total. The van der Waals surface area contributed by atoms with E-state index in [0.29, 0.717) is 0 Å². The SMILES string of the molecule is C[C-](C)C.C[C-](C)C.Cl.Cl.[C-]1=CC=CC1.[Zr+4].[c-]1ccc[nH]1. The summed E-state index contributed by atoms with van der Waals surface area (Å²) in [5.74, 6) is 2.83. The van der Waals surface area contributed by atoms with Crippen LogP contribution in [0.1, 0.15) is 48.0 Å². The van der Waals surface area contributed by atoms with Crippen molar-refractivity contribution >= 4 is 24.8 Å². The molecule has 0 aliphatic heterocycles. The van der Waals surface area contributed by atoms with Crippen molar-refractivity contribution in [1.29, 1.82) is 0 Å². The number of hydrogen-bond acceptors (Lipinski definition) is 0. The molecule has 4 heteroatoms. The van der Waals surface area contributed by atoms with Crippen LogP contribution < -0.4 is 0 Å². The molecule has 0 saturated carbocycles. The first-order valence-electron chi connectivity index (χ1n) is 6.21. The van der Waals surface area contributed by atoms with Gasteiger partial charge in [0.15, 0.2) is 0 Å². The van der Waals surface area contributed by atoms with Gasteiger partial charge in [-0.1, -0.05) is 0 Å². The van der Waals surface area contributed by atoms with Crippen molar-refractivity contribution in [1.82, 2.24) is 4.98 Å². The third-order valence-corrected chi connectivity index (χ3v) is 1.03. The predicted molar refractivity (Wildman–Crippen MR) is 96.2 cm³/mol. The van der Waals surface area contributed by atoms with E-state index in [1.807, 2.05) is 30.5 Å². The van der Waals surface area contributed by atoms with Crippen LogP contribution in [-0.2, 0) is 26.2 Å². The smallest absolute Gasteiger partial charge is 0.484 e. The first-order chi connectivity index (χ1) is 8.46. The summed E-state index contributed by atoms with van der Waals surface area (Å²) in [6.07, 6.45) is 14.6. The molecule has 0 radical (unpaired) electrons. The normalized spacial score (nSPS) is 9.52. The standard InChI is InChI=1S/C5H5.C4H4N.2C4H9.2ClH.Zr/c2*1-2-4-5-3-1;2*1-4(2)3;;;/h1-3H,4H2;1-3,5H;2*1-3H3;2*1H;/q4*-1;;;+4. The van der Waals surface area contributed by atoms with Gasteiger partial charge in [0.25, 0.3) is 0 Å². The maximum absolute atomic E-state index is 2.99. The molecule has 0 amide bonds. The van der Waals surface area contributed by atoms with Crippen molar-refractivity contribution in [3.63, 3.8) is 0 Å². The average Bonchev–Trinajstić information content (AvgIpc) is 2.96. The Balaban J connectivity index is -0.0000000522. The van der Waals surface area contributed by atoms with Crippen LogP contribution in [0.5, 0.6) is 0 Å². The van der Waals surface area contributed by atoms with Gasteiger partial charge in [-0.15, -0.1) is 37.4 Å². The topological polar surface area (TPSA) is 15.8 Å². The van der Waals surface area contributed by atoms with Crippen molar-refractivity contribution < 1.29 is 26.2 Å². The van der Waals surface area contributed by atoms with E-state index in [0.717, 1.165) is 6.42 Å². The van der Waals surface area contributed by atoms with Crippen LogP contribution in [0, 0.1) is 24.1 Å². The minimum absolute atomic E-state index is 0. The van der Waals surface area contributed by atoms with Gasteiger partial charge in [0, 0.05) is 0 Å². The number of aromatic nitrogens is 1. The summed E-state index contributed by atoms with van der Waals surface area (Å²) in [5, 5.41) is 0. The molecule has 1 aliphatic carbocycles. The van der Waals surface area contributed by atoms with Crippen molar-refractivity contribution in [3.05, 3.63) is 60.7 Å². The molecule has 1 heterocycles. The van der Waals surface area contributed by atoms with E-state index in [1.165, 1.54) is 11.8 Å². The number of rotatable bonds is 0. The van der Waals surface area contributed by atoms with Gasteiger partial charge in [0.1, 0.15) is 0 Å². The second-order valence-electron chi connectivity index (χ2n) is 4.82. The van der Waals surface area contributed by atoms with Crippen molar-refractivity contribution in [2.75, 3.05) is 0 Å². The molecule has 1 aliphatic rings. The van der Waals surface area contributed by atoms with E-state index in [4.69, 9.17) is 0 Å². The van der Waals surface area contributed by atoms with Gasteiger partial charge >= 0.3 is 26.2 Å².